The van der Waals surface area contributed by atoms with Gasteiger partial charge in [0.2, 0.25) is 0 Å². The molecule has 108 valence electrons. The standard InChI is InChI=1S/C16H21NO3/c1-15(2,3)20-14(18)17-12-7-6-11-8-9-16(4,5)19-13(11)10-12/h6-10H,1-5H3,(H,17,18). The highest BCUT2D eigenvalue weighted by atomic mass is 16.6. The second-order valence-electron chi connectivity index (χ2n) is 6.42. The van der Waals surface area contributed by atoms with Crippen molar-refractivity contribution in [3.63, 3.8) is 0 Å². The van der Waals surface area contributed by atoms with Crippen molar-refractivity contribution in [3.8, 4) is 5.75 Å². The molecule has 0 saturated carbocycles. The van der Waals surface area contributed by atoms with Crippen LogP contribution >= 0.6 is 0 Å². The number of carbonyl (C=O) groups is 1. The Morgan fingerprint density at radius 2 is 2.00 bits per heavy atom. The molecule has 1 N–H and O–H groups in total. The first-order valence-corrected chi connectivity index (χ1v) is 6.67. The van der Waals surface area contributed by atoms with E-state index in [1.54, 1.807) is 0 Å². The van der Waals surface area contributed by atoms with Crippen LogP contribution in [-0.2, 0) is 4.74 Å². The Kier molecular flexibility index (Phi) is 3.50. The molecule has 1 aliphatic heterocycles. The SMILES string of the molecule is CC(C)(C)OC(=O)Nc1ccc2c(c1)OC(C)(C)C=C2. The average molecular weight is 275 g/mol. The summed E-state index contributed by atoms with van der Waals surface area (Å²) in [6, 6.07) is 5.55. The molecular formula is C16H21NO3. The fraction of sp³-hybridized carbons (Fsp3) is 0.438. The van der Waals surface area contributed by atoms with Crippen molar-refractivity contribution in [3.05, 3.63) is 29.8 Å². The molecular weight excluding hydrogens is 254 g/mol. The molecule has 0 aliphatic carbocycles. The lowest BCUT2D eigenvalue weighted by Gasteiger charge is -2.28. The van der Waals surface area contributed by atoms with Gasteiger partial charge in [-0.1, -0.05) is 6.08 Å². The maximum Gasteiger partial charge on any atom is 0.412 e. The van der Waals surface area contributed by atoms with Gasteiger partial charge in [0.15, 0.2) is 0 Å². The number of benzene rings is 1. The normalized spacial score (nSPS) is 16.1. The molecule has 0 spiro atoms. The van der Waals surface area contributed by atoms with Crippen molar-refractivity contribution in [2.24, 2.45) is 0 Å². The zero-order valence-electron chi connectivity index (χ0n) is 12.6. The van der Waals surface area contributed by atoms with Crippen LogP contribution in [0.5, 0.6) is 5.75 Å². The number of ether oxygens (including phenoxy) is 2. The van der Waals surface area contributed by atoms with Gasteiger partial charge in [-0.2, -0.15) is 0 Å². The molecule has 1 aromatic rings. The fourth-order valence-corrected chi connectivity index (χ4v) is 1.87. The molecule has 1 aliphatic rings. The van der Waals surface area contributed by atoms with Crippen molar-refractivity contribution in [2.75, 3.05) is 5.32 Å². The van der Waals surface area contributed by atoms with Gasteiger partial charge >= 0.3 is 6.09 Å². The highest BCUT2D eigenvalue weighted by Gasteiger charge is 2.22. The minimum atomic E-state index is -0.514. The Morgan fingerprint density at radius 3 is 2.65 bits per heavy atom. The fourth-order valence-electron chi connectivity index (χ4n) is 1.87. The van der Waals surface area contributed by atoms with Crippen LogP contribution in [-0.4, -0.2) is 17.3 Å². The first-order valence-electron chi connectivity index (χ1n) is 6.67. The van der Waals surface area contributed by atoms with Crippen molar-refractivity contribution in [2.45, 2.75) is 45.8 Å². The van der Waals surface area contributed by atoms with E-state index < -0.39 is 11.7 Å². The summed E-state index contributed by atoms with van der Waals surface area (Å²) in [4.78, 5) is 11.7. The zero-order valence-corrected chi connectivity index (χ0v) is 12.6. The molecule has 1 amide bonds. The molecule has 1 heterocycles. The Labute approximate surface area is 119 Å². The number of nitrogens with one attached hydrogen (secondary N) is 1. The third-order valence-corrected chi connectivity index (χ3v) is 2.70. The largest absolute Gasteiger partial charge is 0.483 e. The lowest BCUT2D eigenvalue weighted by molar-refractivity contribution is 0.0636. The molecule has 0 fully saturated rings. The third kappa shape index (κ3) is 3.76. The van der Waals surface area contributed by atoms with E-state index in [0.717, 1.165) is 11.3 Å². The van der Waals surface area contributed by atoms with Crippen LogP contribution in [0.2, 0.25) is 0 Å². The summed E-state index contributed by atoms with van der Waals surface area (Å²) >= 11 is 0. The number of hydrogen-bond acceptors (Lipinski definition) is 3. The smallest absolute Gasteiger partial charge is 0.412 e. The van der Waals surface area contributed by atoms with Crippen molar-refractivity contribution in [1.82, 2.24) is 0 Å². The maximum absolute atomic E-state index is 11.7. The van der Waals surface area contributed by atoms with E-state index in [-0.39, 0.29) is 5.60 Å². The minimum absolute atomic E-state index is 0.336. The summed E-state index contributed by atoms with van der Waals surface area (Å²) in [5.41, 5.74) is 0.806. The van der Waals surface area contributed by atoms with Gasteiger partial charge in [-0.05, 0) is 52.8 Å². The van der Waals surface area contributed by atoms with Gasteiger partial charge < -0.3 is 9.47 Å². The molecule has 0 unspecified atom stereocenters. The van der Waals surface area contributed by atoms with Crippen LogP contribution in [0.4, 0.5) is 10.5 Å². The van der Waals surface area contributed by atoms with E-state index in [9.17, 15) is 4.79 Å². The molecule has 0 saturated heterocycles. The van der Waals surface area contributed by atoms with E-state index in [0.29, 0.717) is 5.69 Å². The molecule has 4 heteroatoms. The molecule has 2 rings (SSSR count). The number of carbonyl (C=O) groups excluding carboxylic acids is 1. The van der Waals surface area contributed by atoms with E-state index in [1.165, 1.54) is 0 Å². The molecule has 0 aromatic heterocycles. The summed E-state index contributed by atoms with van der Waals surface area (Å²) in [6.45, 7) is 9.46. The predicted molar refractivity (Wildman–Crippen MR) is 80.0 cm³/mol. The highest BCUT2D eigenvalue weighted by Crippen LogP contribution is 2.33. The van der Waals surface area contributed by atoms with Gasteiger partial charge in [0.05, 0.1) is 0 Å². The number of fused-ring (bicyclic) bond motifs is 1. The van der Waals surface area contributed by atoms with Gasteiger partial charge in [-0.25, -0.2) is 4.79 Å². The highest BCUT2D eigenvalue weighted by molar-refractivity contribution is 5.85. The van der Waals surface area contributed by atoms with Crippen LogP contribution in [0, 0.1) is 0 Å². The lowest BCUT2D eigenvalue weighted by Crippen LogP contribution is -2.28. The molecule has 0 atom stereocenters. The van der Waals surface area contributed by atoms with Crippen LogP contribution < -0.4 is 10.1 Å². The Bertz CT molecular complexity index is 553. The van der Waals surface area contributed by atoms with Crippen LogP contribution in [0.1, 0.15) is 40.2 Å². The number of rotatable bonds is 1. The third-order valence-electron chi connectivity index (χ3n) is 2.70. The summed E-state index contributed by atoms with van der Waals surface area (Å²) in [6.07, 6.45) is 3.56. The second-order valence-corrected chi connectivity index (χ2v) is 6.42. The molecule has 20 heavy (non-hydrogen) atoms. The monoisotopic (exact) mass is 275 g/mol. The van der Waals surface area contributed by atoms with E-state index in [2.05, 4.69) is 5.32 Å². The van der Waals surface area contributed by atoms with Crippen molar-refractivity contribution in [1.29, 1.82) is 0 Å². The van der Waals surface area contributed by atoms with E-state index in [1.807, 2.05) is 65.0 Å². The van der Waals surface area contributed by atoms with Crippen LogP contribution in [0.25, 0.3) is 6.08 Å². The Hall–Kier alpha value is -1.97. The van der Waals surface area contributed by atoms with Gasteiger partial charge in [-0.3, -0.25) is 5.32 Å². The first kappa shape index (κ1) is 14.4. The number of amides is 1. The Morgan fingerprint density at radius 1 is 1.30 bits per heavy atom. The Balaban J connectivity index is 2.13. The average Bonchev–Trinajstić information content (AvgIpc) is 2.24. The topological polar surface area (TPSA) is 47.6 Å². The maximum atomic E-state index is 11.7. The van der Waals surface area contributed by atoms with Gasteiger partial charge in [-0.15, -0.1) is 0 Å². The summed E-state index contributed by atoms with van der Waals surface area (Å²) in [5.74, 6) is 0.756. The molecule has 0 bridgehead atoms. The number of hydrogen-bond donors (Lipinski definition) is 1. The second kappa shape index (κ2) is 4.85. The van der Waals surface area contributed by atoms with E-state index in [4.69, 9.17) is 9.47 Å². The summed E-state index contributed by atoms with van der Waals surface area (Å²) in [5, 5.41) is 2.71. The summed E-state index contributed by atoms with van der Waals surface area (Å²) < 4.78 is 11.1. The molecule has 0 radical (unpaired) electrons. The zero-order chi connectivity index (χ0) is 15.0. The molecule has 1 aromatic carbocycles. The first-order chi connectivity index (χ1) is 9.15. The predicted octanol–water partition coefficient (Wildman–Crippen LogP) is 4.22. The minimum Gasteiger partial charge on any atom is -0.483 e. The van der Waals surface area contributed by atoms with Gasteiger partial charge in [0.25, 0.3) is 0 Å². The van der Waals surface area contributed by atoms with E-state index >= 15 is 0 Å². The van der Waals surface area contributed by atoms with Crippen LogP contribution in [0.3, 0.4) is 0 Å². The lowest BCUT2D eigenvalue weighted by atomic mass is 10.0. The van der Waals surface area contributed by atoms with Crippen LogP contribution in [0.15, 0.2) is 24.3 Å². The quantitative estimate of drug-likeness (QED) is 0.834. The van der Waals surface area contributed by atoms with Crippen molar-refractivity contribution >= 4 is 17.9 Å². The van der Waals surface area contributed by atoms with Gasteiger partial charge in [0.1, 0.15) is 17.0 Å². The van der Waals surface area contributed by atoms with Crippen molar-refractivity contribution < 1.29 is 14.3 Å². The molecule has 4 nitrogen and oxygen atoms in total. The van der Waals surface area contributed by atoms with Gasteiger partial charge in [0, 0.05) is 17.3 Å². The summed E-state index contributed by atoms with van der Waals surface area (Å²) in [7, 11) is 0. The number of anilines is 1.